The van der Waals surface area contributed by atoms with Gasteiger partial charge in [-0.1, -0.05) is 0 Å². The number of rotatable bonds is 4. The molecule has 0 radical (unpaired) electrons. The lowest BCUT2D eigenvalue weighted by Gasteiger charge is -2.10. The molecule has 0 aliphatic carbocycles. The number of pyridine rings is 1. The summed E-state index contributed by atoms with van der Waals surface area (Å²) >= 11 is 0. The highest BCUT2D eigenvalue weighted by atomic mass is 16.5. The number of likely N-dealkylation sites (N-methyl/N-ethyl adjacent to an activating group) is 1. The van der Waals surface area contributed by atoms with E-state index in [-0.39, 0.29) is 12.5 Å². The Kier molecular flexibility index (Phi) is 3.79. The van der Waals surface area contributed by atoms with Crippen LogP contribution < -0.4 is 4.74 Å². The Labute approximate surface area is 87.7 Å². The highest BCUT2D eigenvalue weighted by Crippen LogP contribution is 2.07. The molecule has 0 unspecified atom stereocenters. The summed E-state index contributed by atoms with van der Waals surface area (Å²) in [6.07, 6.45) is 2.06. The molecule has 0 saturated heterocycles. The van der Waals surface area contributed by atoms with Gasteiger partial charge in [0.15, 0.2) is 12.9 Å². The van der Waals surface area contributed by atoms with E-state index in [9.17, 15) is 9.59 Å². The van der Waals surface area contributed by atoms with Gasteiger partial charge in [0.2, 0.25) is 0 Å². The average molecular weight is 208 g/mol. The Morgan fingerprint density at radius 2 is 2.27 bits per heavy atom. The molecule has 1 heterocycles. The minimum atomic E-state index is -0.130. The maximum atomic E-state index is 11.2. The maximum Gasteiger partial charge on any atom is 0.259 e. The van der Waals surface area contributed by atoms with Gasteiger partial charge in [0.1, 0.15) is 11.4 Å². The fourth-order valence-electron chi connectivity index (χ4n) is 0.821. The number of amides is 1. The van der Waals surface area contributed by atoms with Gasteiger partial charge >= 0.3 is 0 Å². The molecule has 1 aromatic rings. The molecule has 5 nitrogen and oxygen atoms in total. The SMILES string of the molecule is CN(C)C(=O)COc1ccc(C=O)nc1. The molecule has 1 amide bonds. The number of aldehydes is 1. The summed E-state index contributed by atoms with van der Waals surface area (Å²) in [6.45, 7) is -0.0326. The third-order valence-electron chi connectivity index (χ3n) is 1.74. The van der Waals surface area contributed by atoms with Crippen LogP contribution in [0, 0.1) is 0 Å². The molecule has 1 aromatic heterocycles. The van der Waals surface area contributed by atoms with E-state index in [1.165, 1.54) is 17.2 Å². The van der Waals surface area contributed by atoms with Crippen LogP contribution in [-0.2, 0) is 4.79 Å². The molecular formula is C10H12N2O3. The second-order valence-corrected chi connectivity index (χ2v) is 3.11. The second-order valence-electron chi connectivity index (χ2n) is 3.11. The van der Waals surface area contributed by atoms with E-state index in [0.717, 1.165) is 0 Å². The van der Waals surface area contributed by atoms with Gasteiger partial charge in [-0.15, -0.1) is 0 Å². The van der Waals surface area contributed by atoms with Crippen LogP contribution in [0.1, 0.15) is 10.5 Å². The molecule has 0 atom stereocenters. The average Bonchev–Trinajstić information content (AvgIpc) is 2.26. The summed E-state index contributed by atoms with van der Waals surface area (Å²) in [5.74, 6) is 0.338. The van der Waals surface area contributed by atoms with E-state index in [1.54, 1.807) is 20.2 Å². The Morgan fingerprint density at radius 1 is 1.53 bits per heavy atom. The van der Waals surface area contributed by atoms with Gasteiger partial charge in [0.25, 0.3) is 5.91 Å². The minimum absolute atomic E-state index is 0.0326. The zero-order valence-electron chi connectivity index (χ0n) is 8.64. The standard InChI is InChI=1S/C10H12N2O3/c1-12(2)10(14)7-15-9-4-3-8(6-13)11-5-9/h3-6H,7H2,1-2H3. The van der Waals surface area contributed by atoms with Crippen molar-refractivity contribution in [3.63, 3.8) is 0 Å². The molecule has 0 spiro atoms. The van der Waals surface area contributed by atoms with Crippen LogP contribution in [-0.4, -0.2) is 42.8 Å². The highest BCUT2D eigenvalue weighted by molar-refractivity contribution is 5.77. The van der Waals surface area contributed by atoms with Gasteiger partial charge in [-0.2, -0.15) is 0 Å². The first-order valence-electron chi connectivity index (χ1n) is 4.37. The van der Waals surface area contributed by atoms with Gasteiger partial charge in [-0.05, 0) is 12.1 Å². The van der Waals surface area contributed by atoms with Crippen LogP contribution in [0.25, 0.3) is 0 Å². The maximum absolute atomic E-state index is 11.2. The zero-order chi connectivity index (χ0) is 11.3. The quantitative estimate of drug-likeness (QED) is 0.670. The van der Waals surface area contributed by atoms with Crippen molar-refractivity contribution in [2.75, 3.05) is 20.7 Å². The second kappa shape index (κ2) is 5.09. The summed E-state index contributed by atoms with van der Waals surface area (Å²) in [5.41, 5.74) is 0.335. The Morgan fingerprint density at radius 3 is 2.73 bits per heavy atom. The van der Waals surface area contributed by atoms with Crippen LogP contribution in [0.15, 0.2) is 18.3 Å². The zero-order valence-corrected chi connectivity index (χ0v) is 8.64. The van der Waals surface area contributed by atoms with Crippen LogP contribution in [0.3, 0.4) is 0 Å². The van der Waals surface area contributed by atoms with E-state index in [4.69, 9.17) is 4.74 Å². The van der Waals surface area contributed by atoms with E-state index >= 15 is 0 Å². The Bertz CT molecular complexity index is 346. The summed E-state index contributed by atoms with van der Waals surface area (Å²) in [6, 6.07) is 3.13. The molecule has 1 rings (SSSR count). The first-order valence-corrected chi connectivity index (χ1v) is 4.37. The molecule has 80 valence electrons. The van der Waals surface area contributed by atoms with Gasteiger partial charge in [-0.3, -0.25) is 9.59 Å². The monoisotopic (exact) mass is 208 g/mol. The molecular weight excluding hydrogens is 196 g/mol. The molecule has 0 aliphatic heterocycles. The number of aromatic nitrogens is 1. The van der Waals surface area contributed by atoms with Crippen molar-refractivity contribution in [1.82, 2.24) is 9.88 Å². The lowest BCUT2D eigenvalue weighted by Crippen LogP contribution is -2.27. The predicted octanol–water partition coefficient (Wildman–Crippen LogP) is 0.361. The fourth-order valence-corrected chi connectivity index (χ4v) is 0.821. The number of nitrogens with zero attached hydrogens (tertiary/aromatic N) is 2. The molecule has 0 N–H and O–H groups in total. The van der Waals surface area contributed by atoms with Gasteiger partial charge in [0.05, 0.1) is 6.20 Å². The van der Waals surface area contributed by atoms with Crippen molar-refractivity contribution in [3.8, 4) is 5.75 Å². The lowest BCUT2D eigenvalue weighted by atomic mass is 10.4. The third kappa shape index (κ3) is 3.38. The number of carbonyl (C=O) groups is 2. The van der Waals surface area contributed by atoms with Crippen LogP contribution in [0.4, 0.5) is 0 Å². The number of carbonyl (C=O) groups excluding carboxylic acids is 2. The van der Waals surface area contributed by atoms with Crippen molar-refractivity contribution in [2.45, 2.75) is 0 Å². The fraction of sp³-hybridized carbons (Fsp3) is 0.300. The van der Waals surface area contributed by atoms with Gasteiger partial charge < -0.3 is 9.64 Å². The molecule has 0 fully saturated rings. The normalized spacial score (nSPS) is 9.47. The highest BCUT2D eigenvalue weighted by Gasteiger charge is 2.04. The van der Waals surface area contributed by atoms with Crippen molar-refractivity contribution >= 4 is 12.2 Å². The van der Waals surface area contributed by atoms with Gasteiger partial charge in [-0.25, -0.2) is 4.98 Å². The summed E-state index contributed by atoms with van der Waals surface area (Å²) in [7, 11) is 3.30. The molecule has 15 heavy (non-hydrogen) atoms. The smallest absolute Gasteiger partial charge is 0.259 e. The van der Waals surface area contributed by atoms with Crippen LogP contribution in [0.2, 0.25) is 0 Å². The van der Waals surface area contributed by atoms with E-state index < -0.39 is 0 Å². The molecule has 0 aromatic carbocycles. The molecule has 0 saturated carbocycles. The Hall–Kier alpha value is -1.91. The number of hydrogen-bond donors (Lipinski definition) is 0. The number of ether oxygens (including phenoxy) is 1. The summed E-state index contributed by atoms with van der Waals surface area (Å²) < 4.78 is 5.16. The lowest BCUT2D eigenvalue weighted by molar-refractivity contribution is -0.130. The molecule has 5 heteroatoms. The van der Waals surface area contributed by atoms with E-state index in [2.05, 4.69) is 4.98 Å². The predicted molar refractivity (Wildman–Crippen MR) is 53.8 cm³/mol. The van der Waals surface area contributed by atoms with E-state index in [0.29, 0.717) is 17.7 Å². The van der Waals surface area contributed by atoms with Crippen molar-refractivity contribution in [3.05, 3.63) is 24.0 Å². The summed E-state index contributed by atoms with van der Waals surface area (Å²) in [4.78, 5) is 26.7. The third-order valence-corrected chi connectivity index (χ3v) is 1.74. The molecule has 0 aliphatic rings. The topological polar surface area (TPSA) is 59.5 Å². The van der Waals surface area contributed by atoms with Crippen molar-refractivity contribution < 1.29 is 14.3 Å². The van der Waals surface area contributed by atoms with Gasteiger partial charge in [0, 0.05) is 14.1 Å². The van der Waals surface area contributed by atoms with Crippen molar-refractivity contribution in [1.29, 1.82) is 0 Å². The minimum Gasteiger partial charge on any atom is -0.482 e. The first kappa shape index (κ1) is 11.2. The van der Waals surface area contributed by atoms with Crippen LogP contribution in [0.5, 0.6) is 5.75 Å². The van der Waals surface area contributed by atoms with Crippen molar-refractivity contribution in [2.24, 2.45) is 0 Å². The molecule has 0 bridgehead atoms. The first-order chi connectivity index (χ1) is 7.13. The summed E-state index contributed by atoms with van der Waals surface area (Å²) in [5, 5.41) is 0. The Balaban J connectivity index is 2.51. The largest absolute Gasteiger partial charge is 0.482 e. The van der Waals surface area contributed by atoms with E-state index in [1.807, 2.05) is 0 Å². The van der Waals surface area contributed by atoms with Crippen LogP contribution >= 0.6 is 0 Å². The number of hydrogen-bond acceptors (Lipinski definition) is 4.